The lowest BCUT2D eigenvalue weighted by atomic mass is 10.2. The molecule has 0 aliphatic heterocycles. The minimum Gasteiger partial charge on any atom is -0.303 e. The summed E-state index contributed by atoms with van der Waals surface area (Å²) >= 11 is 1.72. The van der Waals surface area contributed by atoms with E-state index in [0.29, 0.717) is 0 Å². The highest BCUT2D eigenvalue weighted by molar-refractivity contribution is 7.99. The molecule has 1 N–H and O–H groups in total. The quantitative estimate of drug-likeness (QED) is 0.485. The Hall–Kier alpha value is -1.32. The summed E-state index contributed by atoms with van der Waals surface area (Å²) in [5.41, 5.74) is 1.31. The molecule has 1 aromatic carbocycles. The summed E-state index contributed by atoms with van der Waals surface area (Å²) < 4.78 is 0. The number of pyridine rings is 1. The average Bonchev–Trinajstić information content (AvgIpc) is 2.37. The highest BCUT2D eigenvalue weighted by Crippen LogP contribution is 2.12. The van der Waals surface area contributed by atoms with Gasteiger partial charge in [-0.1, -0.05) is 48.2 Å². The van der Waals surface area contributed by atoms with Gasteiger partial charge in [-0.2, -0.15) is 0 Å². The minimum atomic E-state index is 0.881. The standard InChI is InChI=1S/C13H14N2S/c1-2-6-12(7-3-1)10-14-11-16-13-8-4-5-9-15-13/h1-9,14H,10-11H2. The number of benzene rings is 1. The van der Waals surface area contributed by atoms with Crippen molar-refractivity contribution in [3.63, 3.8) is 0 Å². The van der Waals surface area contributed by atoms with Crippen LogP contribution in [0.2, 0.25) is 0 Å². The first-order valence-corrected chi connectivity index (χ1v) is 6.22. The predicted molar refractivity (Wildman–Crippen MR) is 68.2 cm³/mol. The van der Waals surface area contributed by atoms with Crippen molar-refractivity contribution in [2.45, 2.75) is 11.6 Å². The van der Waals surface area contributed by atoms with Gasteiger partial charge < -0.3 is 5.32 Å². The van der Waals surface area contributed by atoms with E-state index in [4.69, 9.17) is 0 Å². The zero-order valence-corrected chi connectivity index (χ0v) is 9.78. The van der Waals surface area contributed by atoms with Crippen molar-refractivity contribution in [2.75, 3.05) is 5.88 Å². The van der Waals surface area contributed by atoms with Crippen molar-refractivity contribution < 1.29 is 0 Å². The van der Waals surface area contributed by atoms with Gasteiger partial charge in [-0.25, -0.2) is 4.98 Å². The summed E-state index contributed by atoms with van der Waals surface area (Å²) in [5.74, 6) is 0.881. The fourth-order valence-corrected chi connectivity index (χ4v) is 2.01. The highest BCUT2D eigenvalue weighted by Gasteiger charge is 1.93. The molecule has 0 saturated carbocycles. The van der Waals surface area contributed by atoms with Gasteiger partial charge in [0.2, 0.25) is 0 Å². The van der Waals surface area contributed by atoms with Crippen LogP contribution in [-0.2, 0) is 6.54 Å². The summed E-state index contributed by atoms with van der Waals surface area (Å²) in [6.45, 7) is 0.903. The molecule has 0 saturated heterocycles. The summed E-state index contributed by atoms with van der Waals surface area (Å²) in [6, 6.07) is 16.4. The van der Waals surface area contributed by atoms with E-state index >= 15 is 0 Å². The van der Waals surface area contributed by atoms with E-state index in [2.05, 4.69) is 34.6 Å². The number of nitrogens with one attached hydrogen (secondary N) is 1. The molecule has 16 heavy (non-hydrogen) atoms. The molecular weight excluding hydrogens is 216 g/mol. The Morgan fingerprint density at radius 3 is 2.56 bits per heavy atom. The maximum atomic E-state index is 4.25. The Morgan fingerprint density at radius 1 is 1.00 bits per heavy atom. The number of thioether (sulfide) groups is 1. The molecule has 0 amide bonds. The fourth-order valence-electron chi connectivity index (χ4n) is 1.35. The molecule has 3 heteroatoms. The van der Waals surface area contributed by atoms with E-state index in [1.165, 1.54) is 5.56 Å². The zero-order chi connectivity index (χ0) is 11.1. The third kappa shape index (κ3) is 3.68. The maximum Gasteiger partial charge on any atom is 0.0972 e. The van der Waals surface area contributed by atoms with Crippen LogP contribution in [0.3, 0.4) is 0 Å². The molecule has 1 heterocycles. The molecule has 2 nitrogen and oxygen atoms in total. The Bertz CT molecular complexity index is 361. The molecule has 0 aliphatic carbocycles. The summed E-state index contributed by atoms with van der Waals surface area (Å²) in [4.78, 5) is 4.25. The molecule has 0 fully saturated rings. The second kappa shape index (κ2) is 6.30. The summed E-state index contributed by atoms with van der Waals surface area (Å²) in [6.07, 6.45) is 1.82. The van der Waals surface area contributed by atoms with Gasteiger partial charge in [0.1, 0.15) is 0 Å². The first-order chi connectivity index (χ1) is 7.95. The molecule has 0 bridgehead atoms. The molecular formula is C13H14N2S. The Balaban J connectivity index is 1.70. The van der Waals surface area contributed by atoms with Crippen molar-refractivity contribution in [1.29, 1.82) is 0 Å². The van der Waals surface area contributed by atoms with Crippen LogP contribution in [-0.4, -0.2) is 10.9 Å². The zero-order valence-electron chi connectivity index (χ0n) is 8.97. The SMILES string of the molecule is c1ccc(CNCSc2ccccn2)cc1. The van der Waals surface area contributed by atoms with Crippen LogP contribution in [0.15, 0.2) is 59.8 Å². The van der Waals surface area contributed by atoms with E-state index in [1.807, 2.05) is 30.5 Å². The molecule has 0 radical (unpaired) electrons. The van der Waals surface area contributed by atoms with E-state index in [-0.39, 0.29) is 0 Å². The summed E-state index contributed by atoms with van der Waals surface area (Å²) in [5, 5.41) is 4.43. The van der Waals surface area contributed by atoms with Gasteiger partial charge in [0, 0.05) is 18.6 Å². The van der Waals surface area contributed by atoms with Crippen LogP contribution in [0.25, 0.3) is 0 Å². The van der Waals surface area contributed by atoms with E-state index in [1.54, 1.807) is 11.8 Å². The van der Waals surface area contributed by atoms with Crippen LogP contribution in [0.5, 0.6) is 0 Å². The average molecular weight is 230 g/mol. The second-order valence-electron chi connectivity index (χ2n) is 3.37. The van der Waals surface area contributed by atoms with Gasteiger partial charge in [0.05, 0.1) is 5.03 Å². The van der Waals surface area contributed by atoms with E-state index in [0.717, 1.165) is 17.4 Å². The minimum absolute atomic E-state index is 0.881. The van der Waals surface area contributed by atoms with Crippen LogP contribution < -0.4 is 5.32 Å². The van der Waals surface area contributed by atoms with Gasteiger partial charge in [0.25, 0.3) is 0 Å². The largest absolute Gasteiger partial charge is 0.303 e. The highest BCUT2D eigenvalue weighted by atomic mass is 32.2. The molecule has 0 aliphatic rings. The number of nitrogens with zero attached hydrogens (tertiary/aromatic N) is 1. The van der Waals surface area contributed by atoms with Crippen molar-refractivity contribution >= 4 is 11.8 Å². The smallest absolute Gasteiger partial charge is 0.0972 e. The number of hydrogen-bond acceptors (Lipinski definition) is 3. The first kappa shape index (κ1) is 11.2. The van der Waals surface area contributed by atoms with Gasteiger partial charge in [-0.15, -0.1) is 0 Å². The van der Waals surface area contributed by atoms with E-state index < -0.39 is 0 Å². The van der Waals surface area contributed by atoms with E-state index in [9.17, 15) is 0 Å². The Kier molecular flexibility index (Phi) is 4.40. The van der Waals surface area contributed by atoms with Gasteiger partial charge in [0.15, 0.2) is 0 Å². The topological polar surface area (TPSA) is 24.9 Å². The number of aromatic nitrogens is 1. The van der Waals surface area contributed by atoms with Gasteiger partial charge >= 0.3 is 0 Å². The summed E-state index contributed by atoms with van der Waals surface area (Å²) in [7, 11) is 0. The van der Waals surface area contributed by atoms with Crippen molar-refractivity contribution in [1.82, 2.24) is 10.3 Å². The van der Waals surface area contributed by atoms with Gasteiger partial charge in [-0.3, -0.25) is 0 Å². The predicted octanol–water partition coefficient (Wildman–Crippen LogP) is 2.92. The monoisotopic (exact) mass is 230 g/mol. The van der Waals surface area contributed by atoms with Crippen molar-refractivity contribution in [2.24, 2.45) is 0 Å². The van der Waals surface area contributed by atoms with Crippen LogP contribution in [0, 0.1) is 0 Å². The van der Waals surface area contributed by atoms with Crippen LogP contribution in [0.1, 0.15) is 5.56 Å². The third-order valence-electron chi connectivity index (χ3n) is 2.13. The fraction of sp³-hybridized carbons (Fsp3) is 0.154. The lowest BCUT2D eigenvalue weighted by Crippen LogP contribution is -2.11. The molecule has 1 aromatic heterocycles. The first-order valence-electron chi connectivity index (χ1n) is 5.23. The Labute approximate surface area is 100 Å². The van der Waals surface area contributed by atoms with Crippen LogP contribution >= 0.6 is 11.8 Å². The molecule has 0 unspecified atom stereocenters. The molecule has 82 valence electrons. The van der Waals surface area contributed by atoms with Crippen molar-refractivity contribution in [3.05, 3.63) is 60.3 Å². The molecule has 0 spiro atoms. The maximum absolute atomic E-state index is 4.25. The normalized spacial score (nSPS) is 10.2. The third-order valence-corrected chi connectivity index (χ3v) is 3.02. The molecule has 2 aromatic rings. The lowest BCUT2D eigenvalue weighted by molar-refractivity contribution is 0.795. The molecule has 2 rings (SSSR count). The molecule has 0 atom stereocenters. The Morgan fingerprint density at radius 2 is 1.81 bits per heavy atom. The lowest BCUT2D eigenvalue weighted by Gasteiger charge is -2.03. The van der Waals surface area contributed by atoms with Crippen LogP contribution in [0.4, 0.5) is 0 Å². The number of hydrogen-bond donors (Lipinski definition) is 1. The van der Waals surface area contributed by atoms with Crippen molar-refractivity contribution in [3.8, 4) is 0 Å². The van der Waals surface area contributed by atoms with Gasteiger partial charge in [-0.05, 0) is 17.7 Å². The number of rotatable bonds is 5. The second-order valence-corrected chi connectivity index (χ2v) is 4.36.